The van der Waals surface area contributed by atoms with E-state index in [0.29, 0.717) is 5.12 Å². The molecule has 1 aromatic heterocycles. The second-order valence-corrected chi connectivity index (χ2v) is 1.46. The van der Waals surface area contributed by atoms with Crippen LogP contribution in [-0.2, 0) is 0 Å². The summed E-state index contributed by atoms with van der Waals surface area (Å²) in [6, 6.07) is 0. The summed E-state index contributed by atoms with van der Waals surface area (Å²) >= 11 is 0. The van der Waals surface area contributed by atoms with Gasteiger partial charge in [-0.25, -0.2) is 21.9 Å². The fourth-order valence-corrected chi connectivity index (χ4v) is 0.196. The Bertz CT molecular complexity index is 181. The minimum atomic E-state index is -0.111. The molecule has 11 heteroatoms. The topological polar surface area (TPSA) is 209 Å². The summed E-state index contributed by atoms with van der Waals surface area (Å²) in [4.78, 5) is 0. The van der Waals surface area contributed by atoms with Crippen molar-refractivity contribution in [3.8, 4) is 0 Å². The van der Waals surface area contributed by atoms with Gasteiger partial charge >= 0.3 is 0 Å². The molecule has 76 valence electrons. The molecule has 13 heavy (non-hydrogen) atoms. The van der Waals surface area contributed by atoms with Crippen molar-refractivity contribution in [3.63, 3.8) is 0 Å². The molecule has 0 atom stereocenters. The number of nitrogens with one attached hydrogen (secondary N) is 1. The van der Waals surface area contributed by atoms with Crippen molar-refractivity contribution in [3.05, 3.63) is 6.33 Å². The van der Waals surface area contributed by atoms with E-state index in [2.05, 4.69) is 31.6 Å². The van der Waals surface area contributed by atoms with Crippen LogP contribution in [0.25, 0.3) is 0 Å². The van der Waals surface area contributed by atoms with E-state index in [1.165, 1.54) is 6.33 Å². The average molecular weight is 191 g/mol. The van der Waals surface area contributed by atoms with Crippen LogP contribution in [0, 0.1) is 0 Å². The lowest BCUT2D eigenvalue weighted by molar-refractivity contribution is 0.457. The Morgan fingerprint density at radius 3 is 2.15 bits per heavy atom. The third-order valence-corrected chi connectivity index (χ3v) is 0.666. The van der Waals surface area contributed by atoms with Gasteiger partial charge in [-0.1, -0.05) is 0 Å². The molecule has 0 spiro atoms. The first-order valence-electron chi connectivity index (χ1n) is 2.68. The monoisotopic (exact) mass is 191 g/mol. The van der Waals surface area contributed by atoms with E-state index in [1.807, 2.05) is 0 Å². The maximum atomic E-state index is 4.92. The Morgan fingerprint density at radius 1 is 1.46 bits per heavy atom. The number of H-pyrrole nitrogens is 1. The van der Waals surface area contributed by atoms with Crippen LogP contribution in [0.15, 0.2) is 11.4 Å². The molecule has 0 amide bonds. The minimum absolute atomic E-state index is 0. The van der Waals surface area contributed by atoms with Crippen molar-refractivity contribution in [2.75, 3.05) is 0 Å². The summed E-state index contributed by atoms with van der Waals surface area (Å²) in [5, 5.41) is 15.7. The number of aromatic nitrogens is 4. The zero-order chi connectivity index (χ0) is 9.40. The van der Waals surface area contributed by atoms with E-state index in [0.717, 1.165) is 0 Å². The number of nitrogens with zero attached hydrogens (tertiary/aromatic N) is 5. The Hall–Kier alpha value is -1.98. The molecule has 0 saturated heterocycles. The Balaban J connectivity index is 0. The summed E-state index contributed by atoms with van der Waals surface area (Å²) in [6.07, 6.45) is 1.40. The number of hydrazine groups is 2. The molecule has 0 aliphatic carbocycles. The smallest absolute Gasteiger partial charge is 0.242 e. The van der Waals surface area contributed by atoms with Crippen LogP contribution in [-0.4, -0.2) is 31.7 Å². The van der Waals surface area contributed by atoms with Crippen molar-refractivity contribution in [2.45, 2.75) is 0 Å². The van der Waals surface area contributed by atoms with Gasteiger partial charge < -0.3 is 17.7 Å². The number of hydrogen-bond acceptors (Lipinski definition) is 8. The van der Waals surface area contributed by atoms with Gasteiger partial charge in [0.25, 0.3) is 0 Å². The third-order valence-electron chi connectivity index (χ3n) is 0.666. The van der Waals surface area contributed by atoms with Gasteiger partial charge in [0.2, 0.25) is 5.96 Å². The highest BCUT2D eigenvalue weighted by atomic mass is 15.6. The van der Waals surface area contributed by atoms with Gasteiger partial charge in [0.15, 0.2) is 0 Å². The molecule has 0 saturated carbocycles. The van der Waals surface area contributed by atoms with Crippen LogP contribution in [0.5, 0.6) is 0 Å². The van der Waals surface area contributed by atoms with Gasteiger partial charge in [0.1, 0.15) is 6.33 Å². The molecule has 12 N–H and O–H groups in total. The van der Waals surface area contributed by atoms with Gasteiger partial charge in [-0.2, -0.15) is 0 Å². The SMILES string of the molecule is N.NN=C(N)N(N)N.c1nnn[nH]1. The number of guanidine groups is 1. The Kier molecular flexibility index (Phi) is 8.49. The number of hydrogen-bond donors (Lipinski definition) is 6. The predicted molar refractivity (Wildman–Crippen MR) is 45.2 cm³/mol. The number of rotatable bonds is 0. The normalized spacial score (nSPS) is 9.23. The standard InChI is InChI=1S/CH8N6.CH2N4.H3N/c2-1(6-3)7(4)5;1-2-4-5-3-1;/h3-5H2,(H2,2,6);1H,(H,2,3,4,5);1H3. The van der Waals surface area contributed by atoms with E-state index in [-0.39, 0.29) is 12.1 Å². The fraction of sp³-hybridized carbons (Fsp3) is 0. The van der Waals surface area contributed by atoms with Crippen molar-refractivity contribution in [1.29, 1.82) is 0 Å². The maximum absolute atomic E-state index is 4.92. The fourth-order valence-electron chi connectivity index (χ4n) is 0.196. The molecule has 1 rings (SSSR count). The van der Waals surface area contributed by atoms with Crippen LogP contribution in [0.4, 0.5) is 0 Å². The van der Waals surface area contributed by atoms with Crippen molar-refractivity contribution in [1.82, 2.24) is 31.9 Å². The van der Waals surface area contributed by atoms with E-state index in [9.17, 15) is 0 Å². The molecule has 0 aromatic carbocycles. The maximum Gasteiger partial charge on any atom is 0.242 e. The highest BCUT2D eigenvalue weighted by Crippen LogP contribution is 1.55. The summed E-state index contributed by atoms with van der Waals surface area (Å²) in [5.41, 5.74) is 4.92. The van der Waals surface area contributed by atoms with Gasteiger partial charge in [-0.05, 0) is 10.4 Å². The molecule has 0 unspecified atom stereocenters. The summed E-state index contributed by atoms with van der Waals surface area (Å²) < 4.78 is 0. The second kappa shape index (κ2) is 8.12. The van der Waals surface area contributed by atoms with Crippen molar-refractivity contribution < 1.29 is 0 Å². The third kappa shape index (κ3) is 7.92. The molecule has 1 aromatic rings. The van der Waals surface area contributed by atoms with Crippen LogP contribution < -0.4 is 29.4 Å². The van der Waals surface area contributed by atoms with E-state index in [1.54, 1.807) is 0 Å². The lowest BCUT2D eigenvalue weighted by atomic mass is 11.0. The molecule has 11 nitrogen and oxygen atoms in total. The zero-order valence-corrected chi connectivity index (χ0v) is 6.83. The lowest BCUT2D eigenvalue weighted by Crippen LogP contribution is -2.48. The molecule has 0 aliphatic heterocycles. The first-order valence-corrected chi connectivity index (χ1v) is 2.68. The summed E-state index contributed by atoms with van der Waals surface area (Å²) in [5.74, 6) is 14.2. The number of tetrazole rings is 1. The minimum Gasteiger partial charge on any atom is -0.366 e. The molecule has 0 bridgehead atoms. The Morgan fingerprint density at radius 2 is 2.08 bits per heavy atom. The predicted octanol–water partition coefficient (Wildman–Crippen LogP) is -3.41. The molecule has 0 aliphatic rings. The molecule has 0 radical (unpaired) electrons. The molecular weight excluding hydrogens is 178 g/mol. The Labute approximate surface area is 73.6 Å². The highest BCUT2D eigenvalue weighted by molar-refractivity contribution is 5.76. The second-order valence-electron chi connectivity index (χ2n) is 1.46. The van der Waals surface area contributed by atoms with Gasteiger partial charge in [0.05, 0.1) is 0 Å². The van der Waals surface area contributed by atoms with Crippen molar-refractivity contribution in [2.24, 2.45) is 28.4 Å². The number of nitrogens with two attached hydrogens (primary N) is 4. The van der Waals surface area contributed by atoms with E-state index < -0.39 is 0 Å². The molecular formula is C2H13N11. The highest BCUT2D eigenvalue weighted by Gasteiger charge is 1.88. The average Bonchev–Trinajstić information content (AvgIpc) is 2.59. The zero-order valence-electron chi connectivity index (χ0n) is 6.83. The van der Waals surface area contributed by atoms with E-state index in [4.69, 9.17) is 17.4 Å². The van der Waals surface area contributed by atoms with Crippen LogP contribution in [0.1, 0.15) is 0 Å². The van der Waals surface area contributed by atoms with Crippen LogP contribution >= 0.6 is 0 Å². The van der Waals surface area contributed by atoms with Gasteiger partial charge in [-0.3, -0.25) is 0 Å². The van der Waals surface area contributed by atoms with Gasteiger partial charge in [0, 0.05) is 0 Å². The number of aromatic amines is 1. The van der Waals surface area contributed by atoms with Gasteiger partial charge in [-0.15, -0.1) is 10.2 Å². The first-order chi connectivity index (χ1) is 5.68. The molecule has 1 heterocycles. The van der Waals surface area contributed by atoms with Crippen LogP contribution in [0.3, 0.4) is 0 Å². The molecule has 0 fully saturated rings. The van der Waals surface area contributed by atoms with E-state index >= 15 is 0 Å². The first kappa shape index (κ1) is 13.6. The van der Waals surface area contributed by atoms with Crippen molar-refractivity contribution >= 4 is 5.96 Å². The summed E-state index contributed by atoms with van der Waals surface area (Å²) in [6.45, 7) is 0. The largest absolute Gasteiger partial charge is 0.366 e. The summed E-state index contributed by atoms with van der Waals surface area (Å²) in [7, 11) is 0. The van der Waals surface area contributed by atoms with Crippen LogP contribution in [0.2, 0.25) is 0 Å². The lowest BCUT2D eigenvalue weighted by Gasteiger charge is -2.06. The quantitative estimate of drug-likeness (QED) is 0.104. The number of hydrazone groups is 1.